The first kappa shape index (κ1) is 15.7. The minimum Gasteiger partial charge on any atom is -0.326 e. The van der Waals surface area contributed by atoms with Crippen LogP contribution < -0.4 is 5.73 Å². The SMILES string of the molecule is CCCCN(C)C(c1ccc(Br)cc1)C(N)CC. The van der Waals surface area contributed by atoms with Gasteiger partial charge in [0.05, 0.1) is 0 Å². The van der Waals surface area contributed by atoms with E-state index in [1.807, 2.05) is 0 Å². The summed E-state index contributed by atoms with van der Waals surface area (Å²) in [5, 5.41) is 0. The van der Waals surface area contributed by atoms with Crippen LogP contribution in [-0.4, -0.2) is 24.5 Å². The van der Waals surface area contributed by atoms with Crippen molar-refractivity contribution in [2.24, 2.45) is 5.73 Å². The third-order valence-corrected chi connectivity index (χ3v) is 3.96. The first-order chi connectivity index (χ1) is 8.60. The Labute approximate surface area is 120 Å². The Morgan fingerprint density at radius 3 is 2.33 bits per heavy atom. The highest BCUT2D eigenvalue weighted by Crippen LogP contribution is 2.25. The van der Waals surface area contributed by atoms with Gasteiger partial charge in [-0.25, -0.2) is 0 Å². The van der Waals surface area contributed by atoms with Gasteiger partial charge in [0.25, 0.3) is 0 Å². The molecule has 0 aliphatic carbocycles. The van der Waals surface area contributed by atoms with Crippen molar-refractivity contribution in [3.63, 3.8) is 0 Å². The third kappa shape index (κ3) is 4.38. The number of hydrogen-bond acceptors (Lipinski definition) is 2. The summed E-state index contributed by atoms with van der Waals surface area (Å²) in [5.74, 6) is 0. The zero-order valence-corrected chi connectivity index (χ0v) is 13.3. The van der Waals surface area contributed by atoms with E-state index in [1.165, 1.54) is 18.4 Å². The fourth-order valence-electron chi connectivity index (χ4n) is 2.26. The summed E-state index contributed by atoms with van der Waals surface area (Å²) in [6, 6.07) is 9.04. The van der Waals surface area contributed by atoms with Gasteiger partial charge in [0.2, 0.25) is 0 Å². The summed E-state index contributed by atoms with van der Waals surface area (Å²) in [4.78, 5) is 2.39. The molecule has 0 bridgehead atoms. The molecule has 102 valence electrons. The molecule has 0 amide bonds. The number of nitrogens with two attached hydrogens (primary N) is 1. The number of rotatable bonds is 7. The number of hydrogen-bond donors (Lipinski definition) is 1. The minimum absolute atomic E-state index is 0.188. The lowest BCUT2D eigenvalue weighted by molar-refractivity contribution is 0.207. The molecular formula is C15H25BrN2. The van der Waals surface area contributed by atoms with Gasteiger partial charge in [-0.2, -0.15) is 0 Å². The van der Waals surface area contributed by atoms with Crippen LogP contribution in [0.1, 0.15) is 44.7 Å². The van der Waals surface area contributed by atoms with Gasteiger partial charge in [-0.1, -0.05) is 48.3 Å². The average molecular weight is 313 g/mol. The molecule has 0 saturated carbocycles. The lowest BCUT2D eigenvalue weighted by atomic mass is 9.96. The van der Waals surface area contributed by atoms with Gasteiger partial charge in [0.15, 0.2) is 0 Å². The maximum atomic E-state index is 6.31. The molecule has 0 heterocycles. The van der Waals surface area contributed by atoms with E-state index in [0.29, 0.717) is 6.04 Å². The standard InChI is InChI=1S/C15H25BrN2/c1-4-6-11-18(3)15(14(17)5-2)12-7-9-13(16)10-8-12/h7-10,14-15H,4-6,11,17H2,1-3H3. The predicted octanol–water partition coefficient (Wildman–Crippen LogP) is 3.96. The van der Waals surface area contributed by atoms with Gasteiger partial charge in [0, 0.05) is 16.6 Å². The second-order valence-corrected chi connectivity index (χ2v) is 5.82. The van der Waals surface area contributed by atoms with E-state index in [-0.39, 0.29) is 6.04 Å². The fraction of sp³-hybridized carbons (Fsp3) is 0.600. The van der Waals surface area contributed by atoms with Crippen molar-refractivity contribution in [3.8, 4) is 0 Å². The van der Waals surface area contributed by atoms with Crippen LogP contribution in [0.5, 0.6) is 0 Å². The van der Waals surface area contributed by atoms with Crippen molar-refractivity contribution < 1.29 is 0 Å². The minimum atomic E-state index is 0.188. The zero-order valence-electron chi connectivity index (χ0n) is 11.7. The maximum absolute atomic E-state index is 6.31. The second kappa shape index (κ2) is 7.93. The molecule has 2 N–H and O–H groups in total. The number of halogens is 1. The number of likely N-dealkylation sites (N-methyl/N-ethyl adjacent to an activating group) is 1. The van der Waals surface area contributed by atoms with Crippen LogP contribution in [0.15, 0.2) is 28.7 Å². The van der Waals surface area contributed by atoms with Crippen molar-refractivity contribution in [1.82, 2.24) is 4.90 Å². The topological polar surface area (TPSA) is 29.3 Å². The first-order valence-corrected chi connectivity index (χ1v) is 7.60. The smallest absolute Gasteiger partial charge is 0.0496 e. The summed E-state index contributed by atoms with van der Waals surface area (Å²) >= 11 is 3.48. The molecule has 2 unspecified atom stereocenters. The van der Waals surface area contributed by atoms with Crippen LogP contribution in [0, 0.1) is 0 Å². The van der Waals surface area contributed by atoms with Gasteiger partial charge in [-0.3, -0.25) is 4.90 Å². The van der Waals surface area contributed by atoms with Crippen LogP contribution in [0.25, 0.3) is 0 Å². The van der Waals surface area contributed by atoms with E-state index in [2.05, 4.69) is 66.0 Å². The van der Waals surface area contributed by atoms with E-state index < -0.39 is 0 Å². The zero-order chi connectivity index (χ0) is 13.5. The van der Waals surface area contributed by atoms with Crippen LogP contribution in [0.2, 0.25) is 0 Å². The second-order valence-electron chi connectivity index (χ2n) is 4.90. The molecule has 1 aromatic rings. The summed E-state index contributed by atoms with van der Waals surface area (Å²) in [6.45, 7) is 5.48. The van der Waals surface area contributed by atoms with Gasteiger partial charge in [0.1, 0.15) is 0 Å². The average Bonchev–Trinajstić information content (AvgIpc) is 2.38. The Morgan fingerprint density at radius 1 is 1.22 bits per heavy atom. The molecule has 0 aliphatic heterocycles. The van der Waals surface area contributed by atoms with Gasteiger partial charge < -0.3 is 5.73 Å². The van der Waals surface area contributed by atoms with E-state index in [9.17, 15) is 0 Å². The summed E-state index contributed by atoms with van der Waals surface area (Å²) in [6.07, 6.45) is 3.44. The molecule has 0 spiro atoms. The molecule has 2 atom stereocenters. The Hall–Kier alpha value is -0.380. The Balaban J connectivity index is 2.86. The van der Waals surface area contributed by atoms with E-state index >= 15 is 0 Å². The van der Waals surface area contributed by atoms with Crippen molar-refractivity contribution >= 4 is 15.9 Å². The molecule has 1 rings (SSSR count). The van der Waals surface area contributed by atoms with Crippen LogP contribution in [0.4, 0.5) is 0 Å². The lowest BCUT2D eigenvalue weighted by Crippen LogP contribution is -2.39. The molecule has 0 radical (unpaired) electrons. The molecule has 0 aliphatic rings. The first-order valence-electron chi connectivity index (χ1n) is 6.81. The summed E-state index contributed by atoms with van der Waals surface area (Å²) in [7, 11) is 2.18. The Morgan fingerprint density at radius 2 is 1.83 bits per heavy atom. The highest BCUT2D eigenvalue weighted by Gasteiger charge is 2.22. The van der Waals surface area contributed by atoms with Crippen molar-refractivity contribution in [1.29, 1.82) is 0 Å². The van der Waals surface area contributed by atoms with Crippen molar-refractivity contribution in [2.75, 3.05) is 13.6 Å². The van der Waals surface area contributed by atoms with Gasteiger partial charge >= 0.3 is 0 Å². The van der Waals surface area contributed by atoms with Gasteiger partial charge in [-0.05, 0) is 44.1 Å². The highest BCUT2D eigenvalue weighted by molar-refractivity contribution is 9.10. The molecular weight excluding hydrogens is 288 g/mol. The fourth-order valence-corrected chi connectivity index (χ4v) is 2.52. The Kier molecular flexibility index (Phi) is 6.90. The van der Waals surface area contributed by atoms with Crippen LogP contribution in [0.3, 0.4) is 0 Å². The molecule has 1 aromatic carbocycles. The maximum Gasteiger partial charge on any atom is 0.0496 e. The number of nitrogens with zero attached hydrogens (tertiary/aromatic N) is 1. The highest BCUT2D eigenvalue weighted by atomic mass is 79.9. The number of unbranched alkanes of at least 4 members (excludes halogenated alkanes) is 1. The molecule has 0 saturated heterocycles. The molecule has 18 heavy (non-hydrogen) atoms. The third-order valence-electron chi connectivity index (χ3n) is 3.43. The summed E-state index contributed by atoms with van der Waals surface area (Å²) in [5.41, 5.74) is 7.62. The molecule has 0 fully saturated rings. The number of benzene rings is 1. The quantitative estimate of drug-likeness (QED) is 0.825. The monoisotopic (exact) mass is 312 g/mol. The molecule has 0 aromatic heterocycles. The van der Waals surface area contributed by atoms with E-state index in [1.54, 1.807) is 0 Å². The largest absolute Gasteiger partial charge is 0.326 e. The lowest BCUT2D eigenvalue weighted by Gasteiger charge is -2.32. The molecule has 2 nitrogen and oxygen atoms in total. The van der Waals surface area contributed by atoms with Gasteiger partial charge in [-0.15, -0.1) is 0 Å². The predicted molar refractivity (Wildman–Crippen MR) is 82.7 cm³/mol. The van der Waals surface area contributed by atoms with Crippen molar-refractivity contribution in [3.05, 3.63) is 34.3 Å². The van der Waals surface area contributed by atoms with Crippen LogP contribution >= 0.6 is 15.9 Å². The summed E-state index contributed by atoms with van der Waals surface area (Å²) < 4.78 is 1.12. The van der Waals surface area contributed by atoms with Crippen LogP contribution in [-0.2, 0) is 0 Å². The normalized spacial score (nSPS) is 14.8. The molecule has 3 heteroatoms. The van der Waals surface area contributed by atoms with E-state index in [0.717, 1.165) is 17.4 Å². The van der Waals surface area contributed by atoms with E-state index in [4.69, 9.17) is 5.73 Å². The Bertz CT molecular complexity index is 337. The van der Waals surface area contributed by atoms with Crippen molar-refractivity contribution in [2.45, 2.75) is 45.2 Å².